The largest absolute Gasteiger partial charge is 0.354 e. The van der Waals surface area contributed by atoms with Crippen LogP contribution in [0.25, 0.3) is 22.4 Å². The van der Waals surface area contributed by atoms with Crippen molar-refractivity contribution in [1.82, 2.24) is 20.1 Å². The molecule has 3 aromatic rings. The minimum absolute atomic E-state index is 1.00. The molecule has 1 N–H and O–H groups in total. The van der Waals surface area contributed by atoms with E-state index in [0.29, 0.717) is 0 Å². The molecule has 1 saturated heterocycles. The van der Waals surface area contributed by atoms with Crippen molar-refractivity contribution in [1.29, 1.82) is 0 Å². The van der Waals surface area contributed by atoms with Gasteiger partial charge in [-0.3, -0.25) is 10.1 Å². The average Bonchev–Trinajstić information content (AvgIpc) is 3.08. The number of nitrogens with one attached hydrogen (secondary N) is 1. The fraction of sp³-hybridized carbons (Fsp3) is 0.300. The molecule has 1 fully saturated rings. The summed E-state index contributed by atoms with van der Waals surface area (Å²) in [6.45, 7) is 6.27. The maximum Gasteiger partial charge on any atom is 0.132 e. The van der Waals surface area contributed by atoms with Crippen molar-refractivity contribution in [2.75, 3.05) is 38.1 Å². The van der Waals surface area contributed by atoms with Crippen molar-refractivity contribution < 1.29 is 0 Å². The Morgan fingerprint density at radius 1 is 0.960 bits per heavy atom. The van der Waals surface area contributed by atoms with E-state index in [9.17, 15) is 0 Å². The Labute approximate surface area is 148 Å². The van der Waals surface area contributed by atoms with Gasteiger partial charge in [0.25, 0.3) is 0 Å². The van der Waals surface area contributed by atoms with Crippen LogP contribution in [-0.2, 0) is 0 Å². The van der Waals surface area contributed by atoms with E-state index in [1.807, 2.05) is 12.4 Å². The SMILES string of the molecule is Cc1ccccc1-c1n[nH]c(N2CCN(C)CC2)c1-c1ccncc1. The summed E-state index contributed by atoms with van der Waals surface area (Å²) in [6, 6.07) is 12.5. The molecule has 0 bridgehead atoms. The van der Waals surface area contributed by atoms with Crippen molar-refractivity contribution >= 4 is 5.82 Å². The number of H-pyrrole nitrogens is 1. The van der Waals surface area contributed by atoms with Gasteiger partial charge in [-0.1, -0.05) is 24.3 Å². The molecule has 1 aromatic carbocycles. The van der Waals surface area contributed by atoms with Gasteiger partial charge in [-0.15, -0.1) is 0 Å². The van der Waals surface area contributed by atoms with Crippen LogP contribution in [0.1, 0.15) is 5.56 Å². The number of rotatable bonds is 3. The molecule has 0 amide bonds. The van der Waals surface area contributed by atoms with E-state index in [2.05, 4.69) is 70.3 Å². The fourth-order valence-electron chi connectivity index (χ4n) is 3.42. The molecule has 2 aromatic heterocycles. The summed E-state index contributed by atoms with van der Waals surface area (Å²) < 4.78 is 0. The first-order valence-corrected chi connectivity index (χ1v) is 8.72. The van der Waals surface area contributed by atoms with Crippen LogP contribution in [0.15, 0.2) is 48.8 Å². The molecule has 0 atom stereocenters. The number of anilines is 1. The number of nitrogens with zero attached hydrogens (tertiary/aromatic N) is 4. The van der Waals surface area contributed by atoms with E-state index in [-0.39, 0.29) is 0 Å². The zero-order valence-electron chi connectivity index (χ0n) is 14.7. The third-order valence-corrected chi connectivity index (χ3v) is 4.94. The van der Waals surface area contributed by atoms with Crippen LogP contribution in [0.2, 0.25) is 0 Å². The van der Waals surface area contributed by atoms with E-state index in [1.165, 1.54) is 16.7 Å². The number of aromatic nitrogens is 3. The Morgan fingerprint density at radius 3 is 2.40 bits per heavy atom. The Kier molecular flexibility index (Phi) is 4.24. The second kappa shape index (κ2) is 6.69. The maximum atomic E-state index is 4.72. The van der Waals surface area contributed by atoms with Crippen LogP contribution < -0.4 is 4.90 Å². The standard InChI is InChI=1S/C20H23N5/c1-15-5-3-4-6-17(15)19-18(16-7-9-21-10-8-16)20(23-22-19)25-13-11-24(2)12-14-25/h3-10H,11-14H2,1-2H3,(H,22,23). The van der Waals surface area contributed by atoms with Gasteiger partial charge in [-0.05, 0) is 37.2 Å². The molecule has 0 aliphatic carbocycles. The second-order valence-electron chi connectivity index (χ2n) is 6.64. The minimum atomic E-state index is 1.00. The van der Waals surface area contributed by atoms with Crippen LogP contribution >= 0.6 is 0 Å². The summed E-state index contributed by atoms with van der Waals surface area (Å²) in [5.74, 6) is 1.11. The molecular formula is C20H23N5. The van der Waals surface area contributed by atoms with E-state index < -0.39 is 0 Å². The van der Waals surface area contributed by atoms with Gasteiger partial charge in [-0.2, -0.15) is 5.10 Å². The predicted octanol–water partition coefficient (Wildman–Crippen LogP) is 3.20. The smallest absolute Gasteiger partial charge is 0.132 e. The lowest BCUT2D eigenvalue weighted by Crippen LogP contribution is -2.44. The number of piperazine rings is 1. The van der Waals surface area contributed by atoms with Crippen LogP contribution in [0.5, 0.6) is 0 Å². The molecule has 1 aliphatic heterocycles. The second-order valence-corrected chi connectivity index (χ2v) is 6.64. The zero-order valence-corrected chi connectivity index (χ0v) is 14.7. The summed E-state index contributed by atoms with van der Waals surface area (Å²) in [6.07, 6.45) is 3.69. The van der Waals surface area contributed by atoms with Gasteiger partial charge in [0.2, 0.25) is 0 Å². The third kappa shape index (κ3) is 3.03. The lowest BCUT2D eigenvalue weighted by atomic mass is 9.98. The fourth-order valence-corrected chi connectivity index (χ4v) is 3.42. The first-order chi connectivity index (χ1) is 12.2. The zero-order chi connectivity index (χ0) is 17.2. The molecule has 0 spiro atoms. The van der Waals surface area contributed by atoms with E-state index >= 15 is 0 Å². The first kappa shape index (κ1) is 15.8. The average molecular weight is 333 g/mol. The van der Waals surface area contributed by atoms with Crippen LogP contribution in [0.4, 0.5) is 5.82 Å². The number of aryl methyl sites for hydroxylation is 1. The number of benzene rings is 1. The van der Waals surface area contributed by atoms with Gasteiger partial charge in [-0.25, -0.2) is 0 Å². The summed E-state index contributed by atoms with van der Waals surface area (Å²) in [5.41, 5.74) is 5.73. The van der Waals surface area contributed by atoms with Gasteiger partial charge >= 0.3 is 0 Å². The molecule has 25 heavy (non-hydrogen) atoms. The van der Waals surface area contributed by atoms with E-state index in [4.69, 9.17) is 5.10 Å². The first-order valence-electron chi connectivity index (χ1n) is 8.72. The number of likely N-dealkylation sites (N-methyl/N-ethyl adjacent to an activating group) is 1. The minimum Gasteiger partial charge on any atom is -0.354 e. The van der Waals surface area contributed by atoms with E-state index in [0.717, 1.165) is 43.3 Å². The molecule has 0 saturated carbocycles. The number of hydrogen-bond acceptors (Lipinski definition) is 4. The van der Waals surface area contributed by atoms with Crippen molar-refractivity contribution in [3.8, 4) is 22.4 Å². The Morgan fingerprint density at radius 2 is 1.68 bits per heavy atom. The molecule has 3 heterocycles. The van der Waals surface area contributed by atoms with Crippen LogP contribution in [0, 0.1) is 6.92 Å². The molecular weight excluding hydrogens is 310 g/mol. The molecule has 4 rings (SSSR count). The molecule has 128 valence electrons. The summed E-state index contributed by atoms with van der Waals surface area (Å²) in [4.78, 5) is 8.95. The topological polar surface area (TPSA) is 48.1 Å². The lowest BCUT2D eigenvalue weighted by Gasteiger charge is -2.33. The Bertz CT molecular complexity index is 848. The van der Waals surface area contributed by atoms with Crippen molar-refractivity contribution in [2.24, 2.45) is 0 Å². The summed E-state index contributed by atoms with van der Waals surface area (Å²) >= 11 is 0. The highest BCUT2D eigenvalue weighted by atomic mass is 15.3. The van der Waals surface area contributed by atoms with Gasteiger partial charge in [0.05, 0.1) is 5.56 Å². The van der Waals surface area contributed by atoms with Gasteiger partial charge in [0.15, 0.2) is 0 Å². The molecule has 0 radical (unpaired) electrons. The van der Waals surface area contributed by atoms with E-state index in [1.54, 1.807) is 0 Å². The van der Waals surface area contributed by atoms with Crippen molar-refractivity contribution in [3.63, 3.8) is 0 Å². The monoisotopic (exact) mass is 333 g/mol. The van der Waals surface area contributed by atoms with Crippen LogP contribution in [-0.4, -0.2) is 53.3 Å². The number of pyridine rings is 1. The highest BCUT2D eigenvalue weighted by Gasteiger charge is 2.24. The van der Waals surface area contributed by atoms with Gasteiger partial charge in [0.1, 0.15) is 11.5 Å². The number of hydrogen-bond donors (Lipinski definition) is 1. The van der Waals surface area contributed by atoms with Crippen LogP contribution in [0.3, 0.4) is 0 Å². The maximum absolute atomic E-state index is 4.72. The predicted molar refractivity (Wildman–Crippen MR) is 102 cm³/mol. The van der Waals surface area contributed by atoms with Gasteiger partial charge in [0, 0.05) is 44.1 Å². The third-order valence-electron chi connectivity index (χ3n) is 4.94. The Hall–Kier alpha value is -2.66. The van der Waals surface area contributed by atoms with Crippen molar-refractivity contribution in [2.45, 2.75) is 6.92 Å². The normalized spacial score (nSPS) is 15.5. The number of aromatic amines is 1. The van der Waals surface area contributed by atoms with Crippen molar-refractivity contribution in [3.05, 3.63) is 54.4 Å². The molecule has 5 nitrogen and oxygen atoms in total. The lowest BCUT2D eigenvalue weighted by molar-refractivity contribution is 0.312. The molecule has 1 aliphatic rings. The quantitative estimate of drug-likeness (QED) is 0.800. The summed E-state index contributed by atoms with van der Waals surface area (Å²) in [5, 5.41) is 8.04. The summed E-state index contributed by atoms with van der Waals surface area (Å²) in [7, 11) is 2.17. The Balaban J connectivity index is 1.85. The molecule has 0 unspecified atom stereocenters. The van der Waals surface area contributed by atoms with Gasteiger partial charge < -0.3 is 9.80 Å². The highest BCUT2D eigenvalue weighted by Crippen LogP contribution is 2.38. The molecule has 5 heteroatoms. The highest BCUT2D eigenvalue weighted by molar-refractivity contribution is 5.89.